The van der Waals surface area contributed by atoms with Gasteiger partial charge in [0.1, 0.15) is 11.0 Å². The van der Waals surface area contributed by atoms with Gasteiger partial charge in [-0.15, -0.1) is 23.2 Å². The van der Waals surface area contributed by atoms with Gasteiger partial charge in [-0.1, -0.05) is 0 Å². The quantitative estimate of drug-likeness (QED) is 0.402. The first-order chi connectivity index (χ1) is 4.79. The number of nitrogens with zero attached hydrogens (tertiary/aromatic N) is 2. The smallest absolute Gasteiger partial charge is 0.115 e. The molecule has 0 aromatic rings. The summed E-state index contributed by atoms with van der Waals surface area (Å²) in [7, 11) is 0. The second-order valence-electron chi connectivity index (χ2n) is 2.82. The van der Waals surface area contributed by atoms with Crippen LogP contribution in [0.25, 0.3) is 0 Å². The van der Waals surface area contributed by atoms with E-state index in [1.807, 2.05) is 0 Å². The number of hydrogen-bond donors (Lipinski definition) is 0. The first-order valence-electron chi connectivity index (χ1n) is 3.55. The van der Waals surface area contributed by atoms with Crippen LogP contribution in [0.1, 0.15) is 0 Å². The molecule has 10 heavy (non-hydrogen) atoms. The number of piperazine rings is 3. The van der Waals surface area contributed by atoms with Crippen LogP contribution >= 0.6 is 23.2 Å². The maximum Gasteiger partial charge on any atom is 0.115 e. The summed E-state index contributed by atoms with van der Waals surface area (Å²) in [6.07, 6.45) is 0. The van der Waals surface area contributed by atoms with Gasteiger partial charge in [0, 0.05) is 26.2 Å². The SMILES string of the molecule is Cl[C@H]1[C@H](Cl)N2CCN1CC2. The number of halogens is 2. The average Bonchev–Trinajstić information content (AvgIpc) is 2.00. The van der Waals surface area contributed by atoms with E-state index < -0.39 is 0 Å². The Hall–Kier alpha value is 0.500. The van der Waals surface area contributed by atoms with Crippen molar-refractivity contribution >= 4 is 23.2 Å². The predicted molar refractivity (Wildman–Crippen MR) is 42.4 cm³/mol. The fourth-order valence-electron chi connectivity index (χ4n) is 1.58. The van der Waals surface area contributed by atoms with Gasteiger partial charge in [0.05, 0.1) is 0 Å². The number of rotatable bonds is 0. The van der Waals surface area contributed by atoms with E-state index in [0.717, 1.165) is 26.2 Å². The molecular weight excluding hydrogens is 171 g/mol. The van der Waals surface area contributed by atoms with Crippen molar-refractivity contribution in [2.24, 2.45) is 0 Å². The van der Waals surface area contributed by atoms with E-state index in [2.05, 4.69) is 9.80 Å². The molecule has 0 radical (unpaired) electrons. The molecule has 0 N–H and O–H groups in total. The molecule has 0 unspecified atom stereocenters. The van der Waals surface area contributed by atoms with Crippen molar-refractivity contribution in [2.75, 3.05) is 26.2 Å². The molecule has 58 valence electrons. The Balaban J connectivity index is 2.13. The highest BCUT2D eigenvalue weighted by molar-refractivity contribution is 6.29. The molecule has 2 bridgehead atoms. The number of hydrogen-bond acceptors (Lipinski definition) is 2. The second kappa shape index (κ2) is 2.52. The van der Waals surface area contributed by atoms with E-state index in [1.165, 1.54) is 0 Å². The molecule has 0 amide bonds. The van der Waals surface area contributed by atoms with Gasteiger partial charge in [-0.3, -0.25) is 9.80 Å². The highest BCUT2D eigenvalue weighted by Gasteiger charge is 2.37. The summed E-state index contributed by atoms with van der Waals surface area (Å²) >= 11 is 12.0. The Morgan fingerprint density at radius 1 is 0.800 bits per heavy atom. The topological polar surface area (TPSA) is 6.48 Å². The lowest BCUT2D eigenvalue weighted by molar-refractivity contribution is 0.0286. The molecule has 3 aliphatic heterocycles. The van der Waals surface area contributed by atoms with Gasteiger partial charge in [0.2, 0.25) is 0 Å². The van der Waals surface area contributed by atoms with Crippen molar-refractivity contribution in [3.8, 4) is 0 Å². The molecule has 0 spiro atoms. The third-order valence-corrected chi connectivity index (χ3v) is 3.43. The summed E-state index contributed by atoms with van der Waals surface area (Å²) in [5, 5.41) is 0. The van der Waals surface area contributed by atoms with Gasteiger partial charge in [-0.2, -0.15) is 0 Å². The van der Waals surface area contributed by atoms with Crippen molar-refractivity contribution in [1.29, 1.82) is 0 Å². The van der Waals surface area contributed by atoms with E-state index >= 15 is 0 Å². The predicted octanol–water partition coefficient (Wildman–Crippen LogP) is 0.747. The van der Waals surface area contributed by atoms with Gasteiger partial charge in [-0.05, 0) is 0 Å². The molecule has 2 nitrogen and oxygen atoms in total. The van der Waals surface area contributed by atoms with Gasteiger partial charge in [0.25, 0.3) is 0 Å². The van der Waals surface area contributed by atoms with Crippen molar-refractivity contribution in [3.05, 3.63) is 0 Å². The molecule has 4 heteroatoms. The number of alkyl halides is 2. The van der Waals surface area contributed by atoms with E-state index in [4.69, 9.17) is 23.2 Å². The molecule has 2 atom stereocenters. The lowest BCUT2D eigenvalue weighted by Gasteiger charge is -2.48. The third-order valence-electron chi connectivity index (χ3n) is 2.27. The molecule has 3 heterocycles. The van der Waals surface area contributed by atoms with Crippen LogP contribution < -0.4 is 0 Å². The van der Waals surface area contributed by atoms with Gasteiger partial charge in [0.15, 0.2) is 0 Å². The summed E-state index contributed by atoms with van der Waals surface area (Å²) in [6.45, 7) is 4.32. The van der Waals surface area contributed by atoms with Crippen LogP contribution in [0.4, 0.5) is 0 Å². The molecule has 3 rings (SSSR count). The minimum atomic E-state index is 0.0316. The molecule has 0 aromatic carbocycles. The van der Waals surface area contributed by atoms with Gasteiger partial charge < -0.3 is 0 Å². The Kier molecular flexibility index (Phi) is 1.81. The summed E-state index contributed by atoms with van der Waals surface area (Å²) < 4.78 is 0. The normalized spacial score (nSPS) is 53.4. The molecule has 0 saturated carbocycles. The maximum atomic E-state index is 6.02. The molecule has 0 aromatic heterocycles. The highest BCUT2D eigenvalue weighted by Crippen LogP contribution is 2.26. The van der Waals surface area contributed by atoms with Crippen LogP contribution in [0.15, 0.2) is 0 Å². The fourth-order valence-corrected chi connectivity index (χ4v) is 2.29. The minimum absolute atomic E-state index is 0.0316. The zero-order valence-corrected chi connectivity index (χ0v) is 7.15. The first-order valence-corrected chi connectivity index (χ1v) is 4.42. The maximum absolute atomic E-state index is 6.02. The van der Waals surface area contributed by atoms with Crippen molar-refractivity contribution in [2.45, 2.75) is 11.0 Å². The largest absolute Gasteiger partial charge is 0.283 e. The van der Waals surface area contributed by atoms with Crippen LogP contribution in [-0.2, 0) is 0 Å². The van der Waals surface area contributed by atoms with Crippen molar-refractivity contribution in [3.63, 3.8) is 0 Å². The molecule has 0 aliphatic carbocycles. The van der Waals surface area contributed by atoms with Crippen LogP contribution in [-0.4, -0.2) is 47.0 Å². The van der Waals surface area contributed by atoms with Gasteiger partial charge >= 0.3 is 0 Å². The summed E-state index contributed by atoms with van der Waals surface area (Å²) in [5.74, 6) is 0. The van der Waals surface area contributed by atoms with Crippen LogP contribution in [0, 0.1) is 0 Å². The molecule has 3 saturated heterocycles. The van der Waals surface area contributed by atoms with Crippen LogP contribution in [0.5, 0.6) is 0 Å². The van der Waals surface area contributed by atoms with E-state index in [0.29, 0.717) is 0 Å². The standard InChI is InChI=1S/C6H10Cl2N2/c7-5-6(8)10-2-1-9(5)3-4-10/h5-6H,1-4H2/t5-,6-/m1/s1. The van der Waals surface area contributed by atoms with E-state index in [9.17, 15) is 0 Å². The first kappa shape index (κ1) is 7.17. The average molecular weight is 181 g/mol. The summed E-state index contributed by atoms with van der Waals surface area (Å²) in [5.41, 5.74) is 0.0633. The Morgan fingerprint density at radius 2 is 1.10 bits per heavy atom. The third kappa shape index (κ3) is 0.944. The lowest BCUT2D eigenvalue weighted by atomic mass is 10.2. The van der Waals surface area contributed by atoms with Crippen molar-refractivity contribution in [1.82, 2.24) is 9.80 Å². The Bertz CT molecular complexity index is 114. The Morgan fingerprint density at radius 3 is 1.30 bits per heavy atom. The van der Waals surface area contributed by atoms with Gasteiger partial charge in [-0.25, -0.2) is 0 Å². The second-order valence-corrected chi connectivity index (χ2v) is 3.71. The van der Waals surface area contributed by atoms with Crippen molar-refractivity contribution < 1.29 is 0 Å². The van der Waals surface area contributed by atoms with E-state index in [-0.39, 0.29) is 11.0 Å². The summed E-state index contributed by atoms with van der Waals surface area (Å²) in [4.78, 5) is 4.47. The van der Waals surface area contributed by atoms with E-state index in [1.54, 1.807) is 0 Å². The highest BCUT2D eigenvalue weighted by atomic mass is 35.5. The molecule has 3 fully saturated rings. The minimum Gasteiger partial charge on any atom is -0.283 e. The zero-order chi connectivity index (χ0) is 7.14. The Labute approximate surface area is 70.7 Å². The van der Waals surface area contributed by atoms with Crippen LogP contribution in [0.2, 0.25) is 0 Å². The number of fused-ring (bicyclic) bond motifs is 3. The fraction of sp³-hybridized carbons (Fsp3) is 1.00. The molecule has 3 aliphatic rings. The molecular formula is C6H10Cl2N2. The summed E-state index contributed by atoms with van der Waals surface area (Å²) in [6, 6.07) is 0. The van der Waals surface area contributed by atoms with Crippen LogP contribution in [0.3, 0.4) is 0 Å². The zero-order valence-electron chi connectivity index (χ0n) is 5.63. The lowest BCUT2D eigenvalue weighted by Crippen LogP contribution is -2.62. The monoisotopic (exact) mass is 180 g/mol.